The van der Waals surface area contributed by atoms with Crippen LogP contribution >= 0.6 is 0 Å². The van der Waals surface area contributed by atoms with Crippen molar-refractivity contribution >= 4 is 0 Å². The molecular formula is C10H18O. The lowest BCUT2D eigenvalue weighted by Gasteiger charge is -2.61. The Morgan fingerprint density at radius 3 is 2.18 bits per heavy atom. The third kappa shape index (κ3) is 0.807. The molecule has 11 heavy (non-hydrogen) atoms. The molecule has 0 aliphatic heterocycles. The normalized spacial score (nSPS) is 53.5. The molecule has 3 aliphatic rings. The summed E-state index contributed by atoms with van der Waals surface area (Å²) in [7, 11) is 0. The van der Waals surface area contributed by atoms with Crippen molar-refractivity contribution in [2.24, 2.45) is 23.2 Å². The van der Waals surface area contributed by atoms with Crippen LogP contribution in [0.2, 0.25) is 0 Å². The van der Waals surface area contributed by atoms with Crippen LogP contribution in [0.15, 0.2) is 0 Å². The number of hydrogen-bond donors (Lipinski definition) is 1. The summed E-state index contributed by atoms with van der Waals surface area (Å²) >= 11 is 0. The number of fused-ring (bicyclic) bond motifs is 2. The van der Waals surface area contributed by atoms with Crippen LogP contribution in [0.3, 0.4) is 0 Å². The zero-order chi connectivity index (χ0) is 8.22. The van der Waals surface area contributed by atoms with Crippen molar-refractivity contribution in [3.8, 4) is 0 Å². The second-order valence-electron chi connectivity index (χ2n) is 5.05. The van der Waals surface area contributed by atoms with E-state index >= 15 is 0 Å². The molecule has 1 heteroatoms. The van der Waals surface area contributed by atoms with Crippen molar-refractivity contribution < 1.29 is 5.11 Å². The van der Waals surface area contributed by atoms with E-state index in [1.54, 1.807) is 0 Å². The molecule has 3 fully saturated rings. The van der Waals surface area contributed by atoms with E-state index in [4.69, 9.17) is 0 Å². The first-order chi connectivity index (χ1) is 5.03. The molecule has 0 aromatic carbocycles. The van der Waals surface area contributed by atoms with Crippen LogP contribution in [0.5, 0.6) is 0 Å². The van der Waals surface area contributed by atoms with Gasteiger partial charge in [-0.3, -0.25) is 0 Å². The Bertz CT molecular complexity index is 158. The molecule has 3 saturated carbocycles. The third-order valence-electron chi connectivity index (χ3n) is 4.18. The largest absolute Gasteiger partial charge is 0.393 e. The second kappa shape index (κ2) is 2.01. The van der Waals surface area contributed by atoms with Gasteiger partial charge in [0.05, 0.1) is 6.10 Å². The van der Waals surface area contributed by atoms with E-state index in [-0.39, 0.29) is 6.10 Å². The van der Waals surface area contributed by atoms with Gasteiger partial charge in [-0.15, -0.1) is 0 Å². The van der Waals surface area contributed by atoms with E-state index < -0.39 is 0 Å². The Hall–Kier alpha value is -0.0400. The number of aliphatic hydroxyl groups is 1. The fourth-order valence-corrected chi connectivity index (χ4v) is 3.32. The fourth-order valence-electron chi connectivity index (χ4n) is 3.32. The van der Waals surface area contributed by atoms with E-state index in [1.165, 1.54) is 6.42 Å². The first-order valence-electron chi connectivity index (χ1n) is 4.71. The Morgan fingerprint density at radius 1 is 1.18 bits per heavy atom. The average Bonchev–Trinajstić information content (AvgIpc) is 1.84. The van der Waals surface area contributed by atoms with Crippen LogP contribution in [0, 0.1) is 23.2 Å². The average molecular weight is 154 g/mol. The highest BCUT2D eigenvalue weighted by Gasteiger charge is 2.56. The molecule has 3 aliphatic carbocycles. The van der Waals surface area contributed by atoms with Gasteiger partial charge in [0.15, 0.2) is 0 Å². The molecule has 1 nitrogen and oxygen atoms in total. The molecule has 2 bridgehead atoms. The minimum Gasteiger partial charge on any atom is -0.393 e. The van der Waals surface area contributed by atoms with Gasteiger partial charge in [-0.05, 0) is 36.0 Å². The highest BCUT2D eigenvalue weighted by Crippen LogP contribution is 2.61. The maximum atomic E-state index is 9.72. The lowest BCUT2D eigenvalue weighted by molar-refractivity contribution is -0.167. The second-order valence-corrected chi connectivity index (χ2v) is 5.05. The maximum absolute atomic E-state index is 9.72. The minimum absolute atomic E-state index is 0.00926. The number of hydrogen-bond acceptors (Lipinski definition) is 1. The third-order valence-corrected chi connectivity index (χ3v) is 4.18. The Balaban J connectivity index is 2.20. The summed E-state index contributed by atoms with van der Waals surface area (Å²) in [6, 6.07) is 0. The molecule has 0 radical (unpaired) electrons. The fraction of sp³-hybridized carbons (Fsp3) is 1.00. The van der Waals surface area contributed by atoms with Crippen LogP contribution < -0.4 is 0 Å². The van der Waals surface area contributed by atoms with Crippen molar-refractivity contribution in [1.29, 1.82) is 0 Å². The van der Waals surface area contributed by atoms with Gasteiger partial charge in [0, 0.05) is 0 Å². The van der Waals surface area contributed by atoms with Gasteiger partial charge in [0.1, 0.15) is 0 Å². The molecule has 1 N–H and O–H groups in total. The van der Waals surface area contributed by atoms with Gasteiger partial charge < -0.3 is 5.11 Å². The quantitative estimate of drug-likeness (QED) is 0.566. The van der Waals surface area contributed by atoms with Crippen molar-refractivity contribution in [3.05, 3.63) is 0 Å². The van der Waals surface area contributed by atoms with Crippen molar-refractivity contribution in [3.63, 3.8) is 0 Å². The van der Waals surface area contributed by atoms with Crippen LogP contribution in [0.1, 0.15) is 33.6 Å². The van der Waals surface area contributed by atoms with Gasteiger partial charge in [0.25, 0.3) is 0 Å². The van der Waals surface area contributed by atoms with E-state index in [2.05, 4.69) is 20.8 Å². The molecule has 64 valence electrons. The molecule has 3 rings (SSSR count). The van der Waals surface area contributed by atoms with Crippen LogP contribution in [0.25, 0.3) is 0 Å². The van der Waals surface area contributed by atoms with Crippen molar-refractivity contribution in [2.45, 2.75) is 39.7 Å². The van der Waals surface area contributed by atoms with E-state index in [9.17, 15) is 5.11 Å². The highest BCUT2D eigenvalue weighted by atomic mass is 16.3. The Morgan fingerprint density at radius 2 is 1.82 bits per heavy atom. The highest BCUT2D eigenvalue weighted by molar-refractivity contribution is 5.05. The van der Waals surface area contributed by atoms with Crippen LogP contribution in [0.4, 0.5) is 0 Å². The number of rotatable bonds is 0. The molecule has 0 heterocycles. The summed E-state index contributed by atoms with van der Waals surface area (Å²) in [5.41, 5.74) is 0.428. The monoisotopic (exact) mass is 154 g/mol. The van der Waals surface area contributed by atoms with Gasteiger partial charge in [-0.2, -0.15) is 0 Å². The van der Waals surface area contributed by atoms with Gasteiger partial charge in [0.2, 0.25) is 0 Å². The predicted octanol–water partition coefficient (Wildman–Crippen LogP) is 2.05. The summed E-state index contributed by atoms with van der Waals surface area (Å²) in [4.78, 5) is 0. The Kier molecular flexibility index (Phi) is 1.39. The van der Waals surface area contributed by atoms with Gasteiger partial charge in [-0.25, -0.2) is 0 Å². The van der Waals surface area contributed by atoms with E-state index in [0.717, 1.165) is 18.3 Å². The lowest BCUT2D eigenvalue weighted by Crippen LogP contribution is -2.57. The molecule has 0 amide bonds. The molecule has 0 saturated heterocycles. The summed E-state index contributed by atoms with van der Waals surface area (Å²) < 4.78 is 0. The SMILES string of the molecule is C[C@@H]1C[C@@H](O)[C@@H]2C[C@H]1C2(C)C. The lowest BCUT2D eigenvalue weighted by atomic mass is 9.45. The summed E-state index contributed by atoms with van der Waals surface area (Å²) in [5, 5.41) is 9.72. The number of aliphatic hydroxyl groups excluding tert-OH is 1. The zero-order valence-corrected chi connectivity index (χ0v) is 7.67. The smallest absolute Gasteiger partial charge is 0.0576 e. The first kappa shape index (κ1) is 7.60. The van der Waals surface area contributed by atoms with Crippen molar-refractivity contribution in [1.82, 2.24) is 0 Å². The Labute approximate surface area is 68.8 Å². The molecule has 4 atom stereocenters. The maximum Gasteiger partial charge on any atom is 0.0576 e. The zero-order valence-electron chi connectivity index (χ0n) is 7.67. The van der Waals surface area contributed by atoms with E-state index in [1.807, 2.05) is 0 Å². The molecule has 0 aromatic heterocycles. The van der Waals surface area contributed by atoms with Gasteiger partial charge >= 0.3 is 0 Å². The van der Waals surface area contributed by atoms with Crippen LogP contribution in [-0.4, -0.2) is 11.2 Å². The van der Waals surface area contributed by atoms with E-state index in [0.29, 0.717) is 11.3 Å². The first-order valence-corrected chi connectivity index (χ1v) is 4.71. The summed E-state index contributed by atoms with van der Waals surface area (Å²) in [6.45, 7) is 6.90. The standard InChI is InChI=1S/C10H18O/c1-6-4-9(11)8-5-7(6)10(8,2)3/h6-9,11H,4-5H2,1-3H3/t6-,7-,8+,9-/m1/s1. The topological polar surface area (TPSA) is 20.2 Å². The molecule has 0 aromatic rings. The predicted molar refractivity (Wildman–Crippen MR) is 45.2 cm³/mol. The van der Waals surface area contributed by atoms with Gasteiger partial charge in [-0.1, -0.05) is 20.8 Å². The summed E-state index contributed by atoms with van der Waals surface area (Å²) in [5.74, 6) is 2.23. The molecular weight excluding hydrogens is 136 g/mol. The van der Waals surface area contributed by atoms with Crippen LogP contribution in [-0.2, 0) is 0 Å². The molecule has 0 unspecified atom stereocenters. The molecule has 0 spiro atoms. The minimum atomic E-state index is -0.00926. The van der Waals surface area contributed by atoms with Crippen molar-refractivity contribution in [2.75, 3.05) is 0 Å². The summed E-state index contributed by atoms with van der Waals surface area (Å²) in [6.07, 6.45) is 2.30.